The molecule has 3 amide bonds. The first-order valence-electron chi connectivity index (χ1n) is 8.75. The summed E-state index contributed by atoms with van der Waals surface area (Å²) in [5, 5.41) is 7.64. The number of nitrogens with zero attached hydrogens (tertiary/aromatic N) is 2. The van der Waals surface area contributed by atoms with Gasteiger partial charge in [0, 0.05) is 25.9 Å². The Morgan fingerprint density at radius 2 is 1.65 bits per heavy atom. The van der Waals surface area contributed by atoms with Gasteiger partial charge in [0.25, 0.3) is 0 Å². The van der Waals surface area contributed by atoms with Gasteiger partial charge in [0.15, 0.2) is 0 Å². The molecule has 7 heteroatoms. The number of hydrogen-bond donors (Lipinski definition) is 3. The van der Waals surface area contributed by atoms with Crippen LogP contribution in [-0.2, 0) is 4.79 Å². The Morgan fingerprint density at radius 1 is 0.962 bits per heavy atom. The van der Waals surface area contributed by atoms with Gasteiger partial charge >= 0.3 is 6.03 Å². The fourth-order valence-electron chi connectivity index (χ4n) is 1.30. The van der Waals surface area contributed by atoms with Crippen molar-refractivity contribution in [2.45, 2.75) is 41.0 Å². The minimum absolute atomic E-state index is 0.0120. The van der Waals surface area contributed by atoms with Gasteiger partial charge in [-0.3, -0.25) is 15.1 Å². The molecule has 0 saturated heterocycles. The van der Waals surface area contributed by atoms with Crippen molar-refractivity contribution < 1.29 is 9.59 Å². The molecular formula is C19H31N5O2. The number of nitrogens with one attached hydrogen (secondary N) is 3. The van der Waals surface area contributed by atoms with Gasteiger partial charge in [-0.2, -0.15) is 0 Å². The third kappa shape index (κ3) is 13.5. The molecule has 2 heterocycles. The standard InChI is InChI=1S/C8H10N2O.C7H9N3O.2C2H6/c1-2-8(11)10-7-4-3-5-9-6-7;1-8-7(11)10-6-4-2-3-5-9-6;2*1-2/h3-6H,2H2,1H3,(H,10,11);2-5H,1H3,(H2,8,9,10,11);2*1-2H3. The smallest absolute Gasteiger partial charge is 0.320 e. The van der Waals surface area contributed by atoms with Crippen LogP contribution in [-0.4, -0.2) is 29.0 Å². The second kappa shape index (κ2) is 18.4. The molecule has 0 atom stereocenters. The van der Waals surface area contributed by atoms with Crippen molar-refractivity contribution in [2.75, 3.05) is 17.7 Å². The maximum Gasteiger partial charge on any atom is 0.320 e. The molecule has 0 unspecified atom stereocenters. The van der Waals surface area contributed by atoms with E-state index >= 15 is 0 Å². The van der Waals surface area contributed by atoms with Crippen LogP contribution in [0.3, 0.4) is 0 Å². The summed E-state index contributed by atoms with van der Waals surface area (Å²) in [5.74, 6) is 0.560. The average Bonchev–Trinajstić information content (AvgIpc) is 2.73. The summed E-state index contributed by atoms with van der Waals surface area (Å²) in [6.45, 7) is 9.81. The number of anilines is 2. The molecule has 7 nitrogen and oxygen atoms in total. The summed E-state index contributed by atoms with van der Waals surface area (Å²) < 4.78 is 0. The van der Waals surface area contributed by atoms with E-state index in [2.05, 4.69) is 25.9 Å². The summed E-state index contributed by atoms with van der Waals surface area (Å²) in [6, 6.07) is 8.64. The summed E-state index contributed by atoms with van der Waals surface area (Å²) in [4.78, 5) is 29.3. The van der Waals surface area contributed by atoms with Crippen molar-refractivity contribution in [3.8, 4) is 0 Å². The van der Waals surface area contributed by atoms with E-state index in [1.165, 1.54) is 0 Å². The number of urea groups is 1. The largest absolute Gasteiger partial charge is 0.341 e. The minimum atomic E-state index is -0.260. The van der Waals surface area contributed by atoms with Gasteiger partial charge in [-0.25, -0.2) is 9.78 Å². The average molecular weight is 361 g/mol. The molecule has 0 spiro atoms. The molecule has 0 bridgehead atoms. The number of amides is 3. The van der Waals surface area contributed by atoms with Gasteiger partial charge < -0.3 is 10.6 Å². The lowest BCUT2D eigenvalue weighted by molar-refractivity contribution is -0.115. The van der Waals surface area contributed by atoms with E-state index in [9.17, 15) is 9.59 Å². The Kier molecular flexibility index (Phi) is 17.9. The molecule has 0 radical (unpaired) electrons. The first-order valence-corrected chi connectivity index (χ1v) is 8.75. The Bertz CT molecular complexity index is 523. The van der Waals surface area contributed by atoms with Crippen LogP contribution in [0.1, 0.15) is 41.0 Å². The highest BCUT2D eigenvalue weighted by Crippen LogP contribution is 2.02. The zero-order valence-electron chi connectivity index (χ0n) is 16.5. The Labute approximate surface area is 156 Å². The molecule has 26 heavy (non-hydrogen) atoms. The number of carbonyl (C=O) groups is 2. The molecular weight excluding hydrogens is 330 g/mol. The van der Waals surface area contributed by atoms with Crippen LogP contribution in [0, 0.1) is 0 Å². The van der Waals surface area contributed by atoms with Crippen molar-refractivity contribution in [1.82, 2.24) is 15.3 Å². The highest BCUT2D eigenvalue weighted by atomic mass is 16.2. The van der Waals surface area contributed by atoms with Crippen LogP contribution in [0.5, 0.6) is 0 Å². The lowest BCUT2D eigenvalue weighted by atomic mass is 10.4. The van der Waals surface area contributed by atoms with E-state index in [1.54, 1.807) is 56.0 Å². The number of rotatable bonds is 3. The predicted molar refractivity (Wildman–Crippen MR) is 108 cm³/mol. The van der Waals surface area contributed by atoms with Crippen LogP contribution in [0.2, 0.25) is 0 Å². The van der Waals surface area contributed by atoms with Crippen molar-refractivity contribution in [3.63, 3.8) is 0 Å². The van der Waals surface area contributed by atoms with Crippen LogP contribution in [0.15, 0.2) is 48.9 Å². The molecule has 2 aromatic rings. The Balaban J connectivity index is 0. The van der Waals surface area contributed by atoms with Gasteiger partial charge in [-0.05, 0) is 24.3 Å². The predicted octanol–water partition coefficient (Wildman–Crippen LogP) is 4.32. The monoisotopic (exact) mass is 361 g/mol. The molecule has 0 saturated carbocycles. The summed E-state index contributed by atoms with van der Waals surface area (Å²) in [5.41, 5.74) is 0.749. The highest BCUT2D eigenvalue weighted by Gasteiger charge is 1.96. The zero-order valence-corrected chi connectivity index (χ0v) is 16.5. The Hall–Kier alpha value is -2.96. The second-order valence-corrected chi connectivity index (χ2v) is 4.06. The van der Waals surface area contributed by atoms with E-state index in [0.717, 1.165) is 5.69 Å². The second-order valence-electron chi connectivity index (χ2n) is 4.06. The van der Waals surface area contributed by atoms with E-state index in [0.29, 0.717) is 12.2 Å². The third-order valence-corrected chi connectivity index (χ3v) is 2.40. The van der Waals surface area contributed by atoms with E-state index in [1.807, 2.05) is 34.6 Å². The first kappa shape index (κ1) is 25.3. The van der Waals surface area contributed by atoms with Gasteiger partial charge in [0.2, 0.25) is 5.91 Å². The Morgan fingerprint density at radius 3 is 2.12 bits per heavy atom. The van der Waals surface area contributed by atoms with Crippen LogP contribution in [0.4, 0.5) is 16.3 Å². The molecule has 2 aromatic heterocycles. The van der Waals surface area contributed by atoms with Gasteiger partial charge in [-0.1, -0.05) is 40.7 Å². The van der Waals surface area contributed by atoms with E-state index in [4.69, 9.17) is 0 Å². The molecule has 3 N–H and O–H groups in total. The molecule has 0 fully saturated rings. The molecule has 2 rings (SSSR count). The van der Waals surface area contributed by atoms with Crippen LogP contribution >= 0.6 is 0 Å². The highest BCUT2D eigenvalue weighted by molar-refractivity contribution is 5.90. The third-order valence-electron chi connectivity index (χ3n) is 2.40. The van der Waals surface area contributed by atoms with Crippen molar-refractivity contribution in [1.29, 1.82) is 0 Å². The van der Waals surface area contributed by atoms with Crippen molar-refractivity contribution in [2.24, 2.45) is 0 Å². The van der Waals surface area contributed by atoms with Gasteiger partial charge in [0.05, 0.1) is 11.9 Å². The summed E-state index contributed by atoms with van der Waals surface area (Å²) >= 11 is 0. The SMILES string of the molecule is CC.CC.CCC(=O)Nc1cccnc1.CNC(=O)Nc1ccccn1. The quantitative estimate of drug-likeness (QED) is 0.759. The molecule has 0 aliphatic rings. The molecule has 144 valence electrons. The zero-order chi connectivity index (χ0) is 20.2. The number of carbonyl (C=O) groups excluding carboxylic acids is 2. The minimum Gasteiger partial charge on any atom is -0.341 e. The van der Waals surface area contributed by atoms with Crippen molar-refractivity contribution in [3.05, 3.63) is 48.9 Å². The maximum absolute atomic E-state index is 10.8. The maximum atomic E-state index is 10.8. The number of hydrogen-bond acceptors (Lipinski definition) is 4. The lowest BCUT2D eigenvalue weighted by Gasteiger charge is -2.00. The fourth-order valence-corrected chi connectivity index (χ4v) is 1.30. The summed E-state index contributed by atoms with van der Waals surface area (Å²) in [6.07, 6.45) is 5.40. The summed E-state index contributed by atoms with van der Waals surface area (Å²) in [7, 11) is 1.55. The molecule has 0 aromatic carbocycles. The van der Waals surface area contributed by atoms with Gasteiger partial charge in [-0.15, -0.1) is 0 Å². The lowest BCUT2D eigenvalue weighted by Crippen LogP contribution is -2.24. The molecule has 0 aliphatic heterocycles. The van der Waals surface area contributed by atoms with E-state index in [-0.39, 0.29) is 11.9 Å². The fraction of sp³-hybridized carbons (Fsp3) is 0.368. The first-order chi connectivity index (χ1) is 12.7. The number of pyridine rings is 2. The van der Waals surface area contributed by atoms with Gasteiger partial charge in [0.1, 0.15) is 5.82 Å². The van der Waals surface area contributed by atoms with E-state index < -0.39 is 0 Å². The van der Waals surface area contributed by atoms with Crippen molar-refractivity contribution >= 4 is 23.4 Å². The number of aromatic nitrogens is 2. The molecule has 0 aliphatic carbocycles. The normalized spacial score (nSPS) is 8.08. The van der Waals surface area contributed by atoms with Crippen LogP contribution in [0.25, 0.3) is 0 Å². The van der Waals surface area contributed by atoms with Crippen LogP contribution < -0.4 is 16.0 Å². The topological polar surface area (TPSA) is 96.0 Å².